The standard InChI is InChI=1S/C19H26N4O2/c1-2-6-17(7-3-1)24-12-10-20-16-5-4-11-23(13-16)14-18-21-19(25-22-18)15-8-9-15/h1-3,6-7,15-16,20H,4-5,8-14H2/t16-/m0/s1. The fraction of sp³-hybridized carbons (Fsp3) is 0.579. The summed E-state index contributed by atoms with van der Waals surface area (Å²) in [6, 6.07) is 10.5. The van der Waals surface area contributed by atoms with E-state index in [9.17, 15) is 0 Å². The molecule has 0 amide bonds. The Morgan fingerprint density at radius 1 is 1.20 bits per heavy atom. The minimum absolute atomic E-state index is 0.503. The van der Waals surface area contributed by atoms with Gasteiger partial charge >= 0.3 is 0 Å². The summed E-state index contributed by atoms with van der Waals surface area (Å²) in [4.78, 5) is 6.96. The van der Waals surface area contributed by atoms with Crippen LogP contribution in [0.3, 0.4) is 0 Å². The van der Waals surface area contributed by atoms with Crippen molar-refractivity contribution in [2.24, 2.45) is 0 Å². The molecule has 1 aliphatic carbocycles. The van der Waals surface area contributed by atoms with Gasteiger partial charge in [0.2, 0.25) is 5.89 Å². The summed E-state index contributed by atoms with van der Waals surface area (Å²) in [7, 11) is 0. The maximum atomic E-state index is 5.74. The lowest BCUT2D eigenvalue weighted by atomic mass is 10.1. The molecule has 2 heterocycles. The molecule has 0 radical (unpaired) electrons. The molecule has 1 aromatic heterocycles. The monoisotopic (exact) mass is 342 g/mol. The Balaban J connectivity index is 1.18. The first kappa shape index (κ1) is 16.5. The third-order valence-electron chi connectivity index (χ3n) is 4.83. The minimum atomic E-state index is 0.503. The Morgan fingerprint density at radius 2 is 2.08 bits per heavy atom. The first-order valence-corrected chi connectivity index (χ1v) is 9.33. The number of rotatable bonds is 8. The van der Waals surface area contributed by atoms with E-state index in [0.29, 0.717) is 18.6 Å². The summed E-state index contributed by atoms with van der Waals surface area (Å²) in [5.74, 6) is 3.12. The van der Waals surface area contributed by atoms with Gasteiger partial charge in [-0.15, -0.1) is 0 Å². The highest BCUT2D eigenvalue weighted by atomic mass is 16.5. The Kier molecular flexibility index (Phi) is 5.28. The molecular formula is C19H26N4O2. The van der Waals surface area contributed by atoms with Crippen LogP contribution in [-0.4, -0.2) is 47.3 Å². The number of hydrogen-bond donors (Lipinski definition) is 1. The fourth-order valence-electron chi connectivity index (χ4n) is 3.34. The van der Waals surface area contributed by atoms with Crippen molar-refractivity contribution in [1.82, 2.24) is 20.4 Å². The molecule has 4 rings (SSSR count). The van der Waals surface area contributed by atoms with Crippen LogP contribution < -0.4 is 10.1 Å². The molecule has 2 fully saturated rings. The van der Waals surface area contributed by atoms with Crippen molar-refractivity contribution in [1.29, 1.82) is 0 Å². The van der Waals surface area contributed by atoms with Crippen LogP contribution in [0.15, 0.2) is 34.9 Å². The molecule has 25 heavy (non-hydrogen) atoms. The molecule has 1 N–H and O–H groups in total. The van der Waals surface area contributed by atoms with Gasteiger partial charge in [-0.2, -0.15) is 4.98 Å². The lowest BCUT2D eigenvalue weighted by Crippen LogP contribution is -2.46. The predicted octanol–water partition coefficient (Wildman–Crippen LogP) is 2.58. The topological polar surface area (TPSA) is 63.4 Å². The first-order valence-electron chi connectivity index (χ1n) is 9.33. The normalized spacial score (nSPS) is 21.4. The van der Waals surface area contributed by atoms with E-state index in [4.69, 9.17) is 9.26 Å². The van der Waals surface area contributed by atoms with Crippen molar-refractivity contribution in [2.45, 2.75) is 44.2 Å². The van der Waals surface area contributed by atoms with Gasteiger partial charge in [-0.25, -0.2) is 0 Å². The zero-order valence-corrected chi connectivity index (χ0v) is 14.6. The number of hydrogen-bond acceptors (Lipinski definition) is 6. The largest absolute Gasteiger partial charge is 0.492 e. The first-order chi connectivity index (χ1) is 12.4. The maximum absolute atomic E-state index is 5.74. The molecule has 134 valence electrons. The quantitative estimate of drug-likeness (QED) is 0.744. The molecule has 0 bridgehead atoms. The van der Waals surface area contributed by atoms with Crippen LogP contribution in [0, 0.1) is 0 Å². The molecule has 6 nitrogen and oxygen atoms in total. The molecule has 6 heteroatoms. The van der Waals surface area contributed by atoms with E-state index in [1.165, 1.54) is 25.7 Å². The van der Waals surface area contributed by atoms with E-state index in [-0.39, 0.29) is 0 Å². The van der Waals surface area contributed by atoms with Gasteiger partial charge in [-0.05, 0) is 44.4 Å². The van der Waals surface area contributed by atoms with Gasteiger partial charge in [0, 0.05) is 25.0 Å². The van der Waals surface area contributed by atoms with Crippen LogP contribution in [0.1, 0.15) is 43.3 Å². The average Bonchev–Trinajstić information content (AvgIpc) is 3.40. The van der Waals surface area contributed by atoms with E-state index in [0.717, 1.165) is 43.6 Å². The zero-order valence-electron chi connectivity index (χ0n) is 14.6. The number of nitrogens with zero attached hydrogens (tertiary/aromatic N) is 3. The van der Waals surface area contributed by atoms with Gasteiger partial charge in [0.05, 0.1) is 6.54 Å². The molecule has 1 atom stereocenters. The van der Waals surface area contributed by atoms with Gasteiger partial charge in [-0.3, -0.25) is 4.90 Å². The zero-order chi connectivity index (χ0) is 16.9. The Hall–Kier alpha value is -1.92. The number of benzene rings is 1. The molecule has 1 aliphatic heterocycles. The molecule has 2 aromatic rings. The molecule has 0 spiro atoms. The molecule has 2 aliphatic rings. The molecular weight excluding hydrogens is 316 g/mol. The lowest BCUT2D eigenvalue weighted by Gasteiger charge is -2.32. The van der Waals surface area contributed by atoms with Crippen molar-refractivity contribution in [3.63, 3.8) is 0 Å². The smallest absolute Gasteiger partial charge is 0.229 e. The number of ether oxygens (including phenoxy) is 1. The van der Waals surface area contributed by atoms with Crippen LogP contribution in [0.4, 0.5) is 0 Å². The summed E-state index contributed by atoms with van der Waals surface area (Å²) >= 11 is 0. The summed E-state index contributed by atoms with van der Waals surface area (Å²) in [5.41, 5.74) is 0. The SMILES string of the molecule is c1ccc(OCCN[C@H]2CCCN(Cc3noc(C4CC4)n3)C2)cc1. The van der Waals surface area contributed by atoms with Gasteiger partial charge < -0.3 is 14.6 Å². The van der Waals surface area contributed by atoms with Crippen LogP contribution >= 0.6 is 0 Å². The molecule has 1 saturated heterocycles. The Labute approximate surface area is 148 Å². The summed E-state index contributed by atoms with van der Waals surface area (Å²) < 4.78 is 11.1. The van der Waals surface area contributed by atoms with E-state index in [2.05, 4.69) is 20.4 Å². The lowest BCUT2D eigenvalue weighted by molar-refractivity contribution is 0.173. The second-order valence-corrected chi connectivity index (χ2v) is 7.01. The minimum Gasteiger partial charge on any atom is -0.492 e. The third kappa shape index (κ3) is 4.80. The highest BCUT2D eigenvalue weighted by molar-refractivity contribution is 5.20. The number of para-hydroxylation sites is 1. The third-order valence-corrected chi connectivity index (χ3v) is 4.83. The van der Waals surface area contributed by atoms with Crippen molar-refractivity contribution in [3.8, 4) is 5.75 Å². The maximum Gasteiger partial charge on any atom is 0.229 e. The van der Waals surface area contributed by atoms with Gasteiger partial charge in [-0.1, -0.05) is 23.4 Å². The Bertz CT molecular complexity index is 656. The van der Waals surface area contributed by atoms with Gasteiger partial charge in [0.1, 0.15) is 12.4 Å². The second-order valence-electron chi connectivity index (χ2n) is 7.01. The molecule has 1 saturated carbocycles. The summed E-state index contributed by atoms with van der Waals surface area (Å²) in [6.45, 7) is 4.47. The highest BCUT2D eigenvalue weighted by Gasteiger charge is 2.30. The van der Waals surface area contributed by atoms with Crippen molar-refractivity contribution in [3.05, 3.63) is 42.0 Å². The number of nitrogens with one attached hydrogen (secondary N) is 1. The average molecular weight is 342 g/mol. The van der Waals surface area contributed by atoms with Crippen molar-refractivity contribution < 1.29 is 9.26 Å². The highest BCUT2D eigenvalue weighted by Crippen LogP contribution is 2.38. The van der Waals surface area contributed by atoms with Crippen molar-refractivity contribution >= 4 is 0 Å². The summed E-state index contributed by atoms with van der Waals surface area (Å²) in [6.07, 6.45) is 4.80. The van der Waals surface area contributed by atoms with Crippen LogP contribution in [-0.2, 0) is 6.54 Å². The number of piperidine rings is 1. The van der Waals surface area contributed by atoms with Gasteiger partial charge in [0.25, 0.3) is 0 Å². The molecule has 1 aromatic carbocycles. The van der Waals surface area contributed by atoms with Gasteiger partial charge in [0.15, 0.2) is 5.82 Å². The van der Waals surface area contributed by atoms with E-state index >= 15 is 0 Å². The van der Waals surface area contributed by atoms with Crippen LogP contribution in [0.2, 0.25) is 0 Å². The van der Waals surface area contributed by atoms with Crippen LogP contribution in [0.25, 0.3) is 0 Å². The van der Waals surface area contributed by atoms with E-state index in [1.807, 2.05) is 30.3 Å². The Morgan fingerprint density at radius 3 is 2.92 bits per heavy atom. The van der Waals surface area contributed by atoms with Crippen LogP contribution in [0.5, 0.6) is 5.75 Å². The number of likely N-dealkylation sites (tertiary alicyclic amines) is 1. The summed E-state index contributed by atoms with van der Waals surface area (Å²) in [5, 5.41) is 7.75. The van der Waals surface area contributed by atoms with E-state index < -0.39 is 0 Å². The van der Waals surface area contributed by atoms with E-state index in [1.54, 1.807) is 0 Å². The fourth-order valence-corrected chi connectivity index (χ4v) is 3.34. The molecule has 0 unspecified atom stereocenters. The van der Waals surface area contributed by atoms with Crippen molar-refractivity contribution in [2.75, 3.05) is 26.2 Å². The number of aromatic nitrogens is 2. The second kappa shape index (κ2) is 7.97. The predicted molar refractivity (Wildman–Crippen MR) is 94.5 cm³/mol.